The number of hydrogen-bond donors (Lipinski definition) is 1. The van der Waals surface area contributed by atoms with Gasteiger partial charge in [-0.25, -0.2) is 4.98 Å². The van der Waals surface area contributed by atoms with Crippen LogP contribution < -0.4 is 0 Å². The summed E-state index contributed by atoms with van der Waals surface area (Å²) in [5.41, 5.74) is 0.983. The first kappa shape index (κ1) is 2.52. The maximum atomic E-state index is 7.44. The van der Waals surface area contributed by atoms with Crippen LogP contribution in [0, 0.1) is 6.33 Å². The lowest BCUT2D eigenvalue weighted by Gasteiger charge is -1.81. The second kappa shape index (κ2) is 1.58. The fourth-order valence-corrected chi connectivity index (χ4v) is 0.667. The summed E-state index contributed by atoms with van der Waals surface area (Å²) >= 11 is 0. The van der Waals surface area contributed by atoms with Crippen LogP contribution in [0.4, 0.5) is 0 Å². The normalized spacial score (nSPS) is 14.9. The van der Waals surface area contributed by atoms with Crippen LogP contribution in [0.3, 0.4) is 0 Å². The SMILES string of the molecule is [2H]c1cc2[nH][c]nc2c([2H])c1[2H]. The number of rotatable bonds is 0. The van der Waals surface area contributed by atoms with Crippen LogP contribution in [-0.2, 0) is 0 Å². The topological polar surface area (TPSA) is 28.7 Å². The molecule has 0 spiro atoms. The van der Waals surface area contributed by atoms with Gasteiger partial charge in [-0.2, -0.15) is 0 Å². The van der Waals surface area contributed by atoms with Gasteiger partial charge in [0.15, 0.2) is 6.33 Å². The zero-order valence-corrected chi connectivity index (χ0v) is 4.52. The molecule has 1 aromatic carbocycles. The molecule has 9 heavy (non-hydrogen) atoms. The average molecular weight is 120 g/mol. The molecule has 1 aromatic heterocycles. The van der Waals surface area contributed by atoms with Crippen LogP contribution in [0.15, 0.2) is 24.2 Å². The molecule has 0 aliphatic heterocycles. The summed E-state index contributed by atoms with van der Waals surface area (Å²) in [6.45, 7) is 0. The molecule has 1 radical (unpaired) electrons. The monoisotopic (exact) mass is 120 g/mol. The molecule has 1 heterocycles. The van der Waals surface area contributed by atoms with Crippen molar-refractivity contribution in [3.63, 3.8) is 0 Å². The van der Waals surface area contributed by atoms with Crippen LogP contribution in [0.1, 0.15) is 4.11 Å². The van der Waals surface area contributed by atoms with E-state index in [4.69, 9.17) is 4.11 Å². The quantitative estimate of drug-likeness (QED) is 0.558. The van der Waals surface area contributed by atoms with Gasteiger partial charge in [-0.3, -0.25) is 0 Å². The van der Waals surface area contributed by atoms with Gasteiger partial charge in [0, 0.05) is 0 Å². The van der Waals surface area contributed by atoms with Gasteiger partial charge in [-0.05, 0) is 12.1 Å². The van der Waals surface area contributed by atoms with Crippen molar-refractivity contribution in [2.75, 3.05) is 0 Å². The van der Waals surface area contributed by atoms with E-state index in [1.807, 2.05) is 0 Å². The second-order valence-corrected chi connectivity index (χ2v) is 1.65. The summed E-state index contributed by atoms with van der Waals surface area (Å²) in [6.07, 6.45) is 2.47. The van der Waals surface area contributed by atoms with E-state index in [2.05, 4.69) is 16.3 Å². The van der Waals surface area contributed by atoms with E-state index in [0.717, 1.165) is 0 Å². The summed E-state index contributed by atoms with van der Waals surface area (Å²) < 4.78 is 22.1. The highest BCUT2D eigenvalue weighted by Crippen LogP contribution is 2.04. The fraction of sp³-hybridized carbons (Fsp3) is 0. The van der Waals surface area contributed by atoms with Crippen molar-refractivity contribution in [3.05, 3.63) is 30.5 Å². The number of fused-ring (bicyclic) bond motifs is 1. The van der Waals surface area contributed by atoms with Gasteiger partial charge in [0.2, 0.25) is 0 Å². The first-order valence-corrected chi connectivity index (χ1v) is 2.52. The van der Waals surface area contributed by atoms with Crippen molar-refractivity contribution in [1.29, 1.82) is 0 Å². The predicted molar refractivity (Wildman–Crippen MR) is 34.9 cm³/mol. The number of aromatic nitrogens is 2. The van der Waals surface area contributed by atoms with Crippen LogP contribution >= 0.6 is 0 Å². The molecule has 0 amide bonds. The fourth-order valence-electron chi connectivity index (χ4n) is 0.667. The summed E-state index contributed by atoms with van der Waals surface area (Å²) in [5.74, 6) is 0. The summed E-state index contributed by atoms with van der Waals surface area (Å²) in [6, 6.07) is 1.39. The standard InChI is InChI=1S/C7H5N2/c1-2-4-7-6(3-1)8-5-9-7/h1-4H,(H,8,9)/i1D,2D,3D. The molecule has 43 valence electrons. The number of H-pyrrole nitrogens is 1. The van der Waals surface area contributed by atoms with Crippen molar-refractivity contribution in [1.82, 2.24) is 9.97 Å². The van der Waals surface area contributed by atoms with Crippen LogP contribution in [0.2, 0.25) is 0 Å². The van der Waals surface area contributed by atoms with Crippen molar-refractivity contribution in [3.8, 4) is 0 Å². The molecule has 2 heteroatoms. The highest BCUT2D eigenvalue weighted by molar-refractivity contribution is 5.73. The molecule has 0 unspecified atom stereocenters. The number of aromatic amines is 1. The third-order valence-electron chi connectivity index (χ3n) is 1.08. The highest BCUT2D eigenvalue weighted by atomic mass is 14.9. The van der Waals surface area contributed by atoms with E-state index in [0.29, 0.717) is 11.0 Å². The Kier molecular flexibility index (Phi) is 0.444. The van der Waals surface area contributed by atoms with Crippen molar-refractivity contribution in [2.45, 2.75) is 0 Å². The molecule has 0 saturated heterocycles. The van der Waals surface area contributed by atoms with Gasteiger partial charge in [0.1, 0.15) is 0 Å². The maximum Gasteiger partial charge on any atom is 0.174 e. The lowest BCUT2D eigenvalue weighted by Crippen LogP contribution is -1.63. The molecule has 0 atom stereocenters. The number of hydrogen-bond acceptors (Lipinski definition) is 1. The molecule has 0 bridgehead atoms. The lowest BCUT2D eigenvalue weighted by molar-refractivity contribution is 1.32. The Morgan fingerprint density at radius 2 is 2.67 bits per heavy atom. The lowest BCUT2D eigenvalue weighted by atomic mass is 10.3. The van der Waals surface area contributed by atoms with E-state index < -0.39 is 0 Å². The van der Waals surface area contributed by atoms with Crippen molar-refractivity contribution in [2.24, 2.45) is 0 Å². The third kappa shape index (κ3) is 0.598. The second-order valence-electron chi connectivity index (χ2n) is 1.65. The van der Waals surface area contributed by atoms with Gasteiger partial charge in [-0.1, -0.05) is 12.1 Å². The number of para-hydroxylation sites is 2. The van der Waals surface area contributed by atoms with E-state index >= 15 is 0 Å². The highest BCUT2D eigenvalue weighted by Gasteiger charge is 1.89. The largest absolute Gasteiger partial charge is 0.335 e. The maximum absolute atomic E-state index is 7.44. The van der Waals surface area contributed by atoms with Crippen molar-refractivity contribution < 1.29 is 4.11 Å². The summed E-state index contributed by atoms with van der Waals surface area (Å²) in [5, 5.41) is 0. The van der Waals surface area contributed by atoms with E-state index in [1.165, 1.54) is 6.07 Å². The van der Waals surface area contributed by atoms with Crippen molar-refractivity contribution >= 4 is 11.0 Å². The number of imidazole rings is 1. The molecule has 2 aromatic rings. The Morgan fingerprint density at radius 1 is 1.67 bits per heavy atom. The Bertz CT molecular complexity index is 435. The van der Waals surface area contributed by atoms with Crippen LogP contribution in [0.25, 0.3) is 11.0 Å². The molecular weight excluding hydrogens is 112 g/mol. The predicted octanol–water partition coefficient (Wildman–Crippen LogP) is 1.36. The Labute approximate surface area is 56.8 Å². The first-order valence-electron chi connectivity index (χ1n) is 4.02. The Hall–Kier alpha value is -1.31. The van der Waals surface area contributed by atoms with Gasteiger partial charge >= 0.3 is 0 Å². The third-order valence-corrected chi connectivity index (χ3v) is 1.08. The minimum Gasteiger partial charge on any atom is -0.335 e. The molecule has 2 rings (SSSR count). The summed E-state index contributed by atoms with van der Waals surface area (Å²) in [4.78, 5) is 6.42. The molecule has 0 fully saturated rings. The number of benzene rings is 1. The van der Waals surface area contributed by atoms with Gasteiger partial charge in [0.25, 0.3) is 0 Å². The minimum atomic E-state index is -0.0944. The summed E-state index contributed by atoms with van der Waals surface area (Å²) in [7, 11) is 0. The van der Waals surface area contributed by atoms with E-state index in [-0.39, 0.29) is 18.1 Å². The van der Waals surface area contributed by atoms with Gasteiger partial charge in [0.05, 0.1) is 15.1 Å². The zero-order valence-electron chi connectivity index (χ0n) is 7.52. The first-order chi connectivity index (χ1) is 5.70. The van der Waals surface area contributed by atoms with Crippen LogP contribution in [0.5, 0.6) is 0 Å². The Morgan fingerprint density at radius 3 is 3.67 bits per heavy atom. The van der Waals surface area contributed by atoms with E-state index in [1.54, 1.807) is 0 Å². The number of nitrogens with one attached hydrogen (secondary N) is 1. The molecule has 2 nitrogen and oxygen atoms in total. The molecule has 0 saturated carbocycles. The average Bonchev–Trinajstić information content (AvgIpc) is 2.48. The molecule has 0 aliphatic rings. The van der Waals surface area contributed by atoms with Gasteiger partial charge < -0.3 is 4.98 Å². The van der Waals surface area contributed by atoms with Crippen LogP contribution in [-0.4, -0.2) is 9.97 Å². The Balaban J connectivity index is 2.94. The minimum absolute atomic E-state index is 0.0185. The molecule has 1 N–H and O–H groups in total. The zero-order chi connectivity index (χ0) is 8.72. The smallest absolute Gasteiger partial charge is 0.174 e. The molecular formula is C7H5N2. The van der Waals surface area contributed by atoms with Gasteiger partial charge in [-0.15, -0.1) is 0 Å². The molecule has 0 aliphatic carbocycles. The van der Waals surface area contributed by atoms with E-state index in [9.17, 15) is 0 Å². The number of nitrogens with zero attached hydrogens (tertiary/aromatic N) is 1.